The van der Waals surface area contributed by atoms with Gasteiger partial charge in [-0.05, 0) is 55.0 Å². The first-order valence-corrected chi connectivity index (χ1v) is 9.61. The largest absolute Gasteiger partial charge is 0.319 e. The number of carbonyl (C=O) groups is 2. The molecule has 156 valence electrons. The Balaban J connectivity index is 1.92. The second-order valence-electron chi connectivity index (χ2n) is 6.66. The Hall–Kier alpha value is -3.97. The summed E-state index contributed by atoms with van der Waals surface area (Å²) in [5, 5.41) is 16.5. The minimum absolute atomic E-state index is 0.0414. The van der Waals surface area contributed by atoms with E-state index in [1.54, 1.807) is 42.5 Å². The number of amides is 2. The van der Waals surface area contributed by atoms with Crippen molar-refractivity contribution in [1.82, 2.24) is 5.32 Å². The molecule has 0 aromatic heterocycles. The number of hydrogen-bond donors (Lipinski definition) is 2. The molecule has 8 heteroatoms. The highest BCUT2D eigenvalue weighted by Crippen LogP contribution is 2.21. The van der Waals surface area contributed by atoms with E-state index in [0.717, 1.165) is 5.56 Å². The predicted octanol–water partition coefficient (Wildman–Crippen LogP) is 4.97. The fraction of sp³-hybridized carbons (Fsp3) is 0.0435. The molecule has 31 heavy (non-hydrogen) atoms. The van der Waals surface area contributed by atoms with Gasteiger partial charge in [0, 0.05) is 17.7 Å². The van der Waals surface area contributed by atoms with Gasteiger partial charge in [-0.1, -0.05) is 41.4 Å². The minimum atomic E-state index is -0.590. The van der Waals surface area contributed by atoms with Crippen molar-refractivity contribution in [3.05, 3.63) is 110 Å². The molecular formula is C23H18ClN3O4. The zero-order valence-electron chi connectivity index (χ0n) is 16.5. The number of nitro groups is 1. The maximum Gasteiger partial charge on any atom is 0.272 e. The number of rotatable bonds is 6. The molecule has 3 rings (SSSR count). The van der Waals surface area contributed by atoms with Crippen molar-refractivity contribution in [2.24, 2.45) is 0 Å². The third kappa shape index (κ3) is 5.77. The molecule has 0 radical (unpaired) electrons. The normalized spacial score (nSPS) is 11.0. The Bertz CT molecular complexity index is 1170. The number of nitrogens with one attached hydrogen (secondary N) is 2. The lowest BCUT2D eigenvalue weighted by atomic mass is 10.1. The molecule has 0 spiro atoms. The van der Waals surface area contributed by atoms with E-state index in [0.29, 0.717) is 21.8 Å². The van der Waals surface area contributed by atoms with Crippen molar-refractivity contribution in [2.45, 2.75) is 6.92 Å². The number of carbonyl (C=O) groups excluding carboxylic acids is 2. The smallest absolute Gasteiger partial charge is 0.272 e. The SMILES string of the molecule is Cc1cccc(C(=O)N/C(=C\c2ccc([N+](=O)[O-])cc2)C(=O)Nc2ccccc2Cl)c1. The van der Waals surface area contributed by atoms with Gasteiger partial charge in [0.1, 0.15) is 5.70 Å². The van der Waals surface area contributed by atoms with E-state index in [2.05, 4.69) is 10.6 Å². The molecule has 0 heterocycles. The Morgan fingerprint density at radius 2 is 1.71 bits per heavy atom. The van der Waals surface area contributed by atoms with Gasteiger partial charge in [0.05, 0.1) is 15.6 Å². The highest BCUT2D eigenvalue weighted by molar-refractivity contribution is 6.34. The van der Waals surface area contributed by atoms with Crippen LogP contribution in [0.2, 0.25) is 5.02 Å². The van der Waals surface area contributed by atoms with Crippen molar-refractivity contribution >= 4 is 40.9 Å². The van der Waals surface area contributed by atoms with Crippen molar-refractivity contribution in [3.8, 4) is 0 Å². The number of aryl methyl sites for hydroxylation is 1. The summed E-state index contributed by atoms with van der Waals surface area (Å²) in [6.07, 6.45) is 1.43. The molecule has 0 bridgehead atoms. The van der Waals surface area contributed by atoms with Crippen LogP contribution >= 0.6 is 11.6 Å². The molecule has 0 atom stereocenters. The van der Waals surface area contributed by atoms with Gasteiger partial charge in [0.25, 0.3) is 17.5 Å². The molecule has 3 aromatic rings. The van der Waals surface area contributed by atoms with Crippen LogP contribution in [0.5, 0.6) is 0 Å². The van der Waals surface area contributed by atoms with Crippen molar-refractivity contribution in [2.75, 3.05) is 5.32 Å². The monoisotopic (exact) mass is 435 g/mol. The summed E-state index contributed by atoms with van der Waals surface area (Å²) in [6.45, 7) is 1.86. The number of non-ortho nitro benzene ring substituents is 1. The molecular weight excluding hydrogens is 418 g/mol. The summed E-state index contributed by atoms with van der Waals surface area (Å²) in [5.41, 5.74) is 2.05. The maximum atomic E-state index is 12.9. The van der Waals surface area contributed by atoms with Crippen LogP contribution in [-0.4, -0.2) is 16.7 Å². The average molecular weight is 436 g/mol. The first-order valence-electron chi connectivity index (χ1n) is 9.23. The summed E-state index contributed by atoms with van der Waals surface area (Å²) >= 11 is 6.11. The van der Waals surface area contributed by atoms with Gasteiger partial charge < -0.3 is 10.6 Å². The summed E-state index contributed by atoms with van der Waals surface area (Å²) in [7, 11) is 0. The highest BCUT2D eigenvalue weighted by atomic mass is 35.5. The Kier molecular flexibility index (Phi) is 6.79. The van der Waals surface area contributed by atoms with Gasteiger partial charge in [-0.15, -0.1) is 0 Å². The van der Waals surface area contributed by atoms with E-state index in [1.165, 1.54) is 30.3 Å². The van der Waals surface area contributed by atoms with Crippen LogP contribution in [-0.2, 0) is 4.79 Å². The zero-order chi connectivity index (χ0) is 22.4. The summed E-state index contributed by atoms with van der Waals surface area (Å²) in [4.78, 5) is 36.0. The summed E-state index contributed by atoms with van der Waals surface area (Å²) in [6, 6.07) is 19.2. The second-order valence-corrected chi connectivity index (χ2v) is 7.07. The average Bonchev–Trinajstić information content (AvgIpc) is 2.75. The minimum Gasteiger partial charge on any atom is -0.319 e. The quantitative estimate of drug-likeness (QED) is 0.324. The standard InChI is InChI=1S/C23H18ClN3O4/c1-15-5-4-6-17(13-15)22(28)26-21(14-16-9-11-18(12-10-16)27(30)31)23(29)25-20-8-3-2-7-19(20)24/h2-14H,1H3,(H,25,29)(H,26,28)/b21-14-. The number of halogens is 1. The predicted molar refractivity (Wildman–Crippen MR) is 120 cm³/mol. The van der Waals surface area contributed by atoms with Gasteiger partial charge in [0.2, 0.25) is 0 Å². The van der Waals surface area contributed by atoms with Crippen LogP contribution in [0.15, 0.2) is 78.5 Å². The Labute approximate surface area is 183 Å². The van der Waals surface area contributed by atoms with Gasteiger partial charge in [-0.25, -0.2) is 0 Å². The van der Waals surface area contributed by atoms with Gasteiger partial charge in [0.15, 0.2) is 0 Å². The first-order chi connectivity index (χ1) is 14.8. The molecule has 0 saturated heterocycles. The maximum absolute atomic E-state index is 12.9. The molecule has 2 N–H and O–H groups in total. The lowest BCUT2D eigenvalue weighted by Crippen LogP contribution is -2.30. The molecule has 0 saturated carbocycles. The molecule has 0 unspecified atom stereocenters. The molecule has 0 aliphatic carbocycles. The number of nitro benzene ring substituents is 1. The van der Waals surface area contributed by atoms with Crippen LogP contribution in [0.25, 0.3) is 6.08 Å². The lowest BCUT2D eigenvalue weighted by molar-refractivity contribution is -0.384. The fourth-order valence-electron chi connectivity index (χ4n) is 2.75. The number of hydrogen-bond acceptors (Lipinski definition) is 4. The lowest BCUT2D eigenvalue weighted by Gasteiger charge is -2.12. The van der Waals surface area contributed by atoms with E-state index in [4.69, 9.17) is 11.6 Å². The molecule has 0 aliphatic heterocycles. The topological polar surface area (TPSA) is 101 Å². The number of benzene rings is 3. The second kappa shape index (κ2) is 9.69. The highest BCUT2D eigenvalue weighted by Gasteiger charge is 2.16. The number of para-hydroxylation sites is 1. The zero-order valence-corrected chi connectivity index (χ0v) is 17.2. The van der Waals surface area contributed by atoms with Crippen LogP contribution in [0.1, 0.15) is 21.5 Å². The first kappa shape index (κ1) is 21.7. The molecule has 3 aromatic carbocycles. The van der Waals surface area contributed by atoms with Gasteiger partial charge >= 0.3 is 0 Å². The molecule has 0 fully saturated rings. The van der Waals surface area contributed by atoms with E-state index in [1.807, 2.05) is 13.0 Å². The van der Waals surface area contributed by atoms with Gasteiger partial charge in [-0.3, -0.25) is 19.7 Å². The van der Waals surface area contributed by atoms with Crippen molar-refractivity contribution in [3.63, 3.8) is 0 Å². The van der Waals surface area contributed by atoms with E-state index >= 15 is 0 Å². The molecule has 7 nitrogen and oxygen atoms in total. The Morgan fingerprint density at radius 3 is 2.35 bits per heavy atom. The van der Waals surface area contributed by atoms with E-state index in [-0.39, 0.29) is 11.4 Å². The number of nitrogens with zero attached hydrogens (tertiary/aromatic N) is 1. The molecule has 0 aliphatic rings. The van der Waals surface area contributed by atoms with E-state index in [9.17, 15) is 19.7 Å². The van der Waals surface area contributed by atoms with E-state index < -0.39 is 16.7 Å². The van der Waals surface area contributed by atoms with Crippen molar-refractivity contribution in [1.29, 1.82) is 0 Å². The fourth-order valence-corrected chi connectivity index (χ4v) is 2.93. The third-order valence-corrected chi connectivity index (χ3v) is 4.64. The third-order valence-electron chi connectivity index (χ3n) is 4.31. The van der Waals surface area contributed by atoms with Crippen LogP contribution in [0.4, 0.5) is 11.4 Å². The summed E-state index contributed by atoms with van der Waals surface area (Å²) in [5.74, 6) is -1.06. The molecule has 2 amide bonds. The Morgan fingerprint density at radius 1 is 1.00 bits per heavy atom. The van der Waals surface area contributed by atoms with Gasteiger partial charge in [-0.2, -0.15) is 0 Å². The van der Waals surface area contributed by atoms with Crippen molar-refractivity contribution < 1.29 is 14.5 Å². The summed E-state index contributed by atoms with van der Waals surface area (Å²) < 4.78 is 0. The van der Waals surface area contributed by atoms with Crippen LogP contribution < -0.4 is 10.6 Å². The van der Waals surface area contributed by atoms with Crippen LogP contribution in [0.3, 0.4) is 0 Å². The number of anilines is 1. The van der Waals surface area contributed by atoms with Crippen LogP contribution in [0, 0.1) is 17.0 Å².